The minimum atomic E-state index is -0.615. The molecule has 8 heteroatoms. The Hall–Kier alpha value is -2.77. The van der Waals surface area contributed by atoms with Crippen LogP contribution in [0.25, 0.3) is 0 Å². The number of nitrogens with zero attached hydrogens (tertiary/aromatic N) is 1. The molecule has 0 unspecified atom stereocenters. The highest BCUT2D eigenvalue weighted by atomic mass is 16.5. The molecule has 1 aromatic rings. The highest BCUT2D eigenvalue weighted by Crippen LogP contribution is 2.24. The van der Waals surface area contributed by atoms with E-state index in [1.54, 1.807) is 36.3 Å². The summed E-state index contributed by atoms with van der Waals surface area (Å²) in [5, 5.41) is 8.86. The van der Waals surface area contributed by atoms with E-state index in [1.165, 1.54) is 0 Å². The zero-order chi connectivity index (χ0) is 21.7. The Labute approximate surface area is 177 Å². The summed E-state index contributed by atoms with van der Waals surface area (Å²) in [7, 11) is 1.57. The van der Waals surface area contributed by atoms with Crippen LogP contribution in [0.2, 0.25) is 0 Å². The van der Waals surface area contributed by atoms with Gasteiger partial charge in [-0.15, -0.1) is 0 Å². The Kier molecular flexibility index (Phi) is 7.18. The molecule has 8 nitrogen and oxygen atoms in total. The van der Waals surface area contributed by atoms with Gasteiger partial charge in [-0.1, -0.05) is 0 Å². The first-order valence-corrected chi connectivity index (χ1v) is 10.7. The average molecular weight is 417 g/mol. The van der Waals surface area contributed by atoms with E-state index < -0.39 is 6.04 Å². The van der Waals surface area contributed by atoms with Gasteiger partial charge in [-0.25, -0.2) is 4.79 Å². The van der Waals surface area contributed by atoms with Crippen molar-refractivity contribution in [2.24, 2.45) is 5.92 Å². The first-order valence-electron chi connectivity index (χ1n) is 10.7. The summed E-state index contributed by atoms with van der Waals surface area (Å²) in [6.45, 7) is 4.98. The number of piperidine rings is 1. The normalized spacial score (nSPS) is 17.9. The van der Waals surface area contributed by atoms with Gasteiger partial charge >= 0.3 is 6.03 Å². The topological polar surface area (TPSA) is 99.8 Å². The first kappa shape index (κ1) is 21.9. The van der Waals surface area contributed by atoms with Crippen molar-refractivity contribution in [3.8, 4) is 5.75 Å². The molecule has 0 radical (unpaired) electrons. The minimum absolute atomic E-state index is 0.0194. The summed E-state index contributed by atoms with van der Waals surface area (Å²) in [6, 6.07) is 6.41. The van der Waals surface area contributed by atoms with Crippen LogP contribution in [0.4, 0.5) is 4.79 Å². The van der Waals surface area contributed by atoms with Gasteiger partial charge < -0.3 is 25.6 Å². The second-order valence-corrected chi connectivity index (χ2v) is 8.39. The van der Waals surface area contributed by atoms with Gasteiger partial charge in [0.25, 0.3) is 5.91 Å². The van der Waals surface area contributed by atoms with E-state index in [0.29, 0.717) is 37.2 Å². The fourth-order valence-corrected chi connectivity index (χ4v) is 3.66. The minimum Gasteiger partial charge on any atom is -0.497 e. The number of rotatable bonds is 7. The molecular formula is C22H32N4O4. The van der Waals surface area contributed by atoms with E-state index in [1.807, 2.05) is 13.8 Å². The summed E-state index contributed by atoms with van der Waals surface area (Å²) < 4.78 is 5.13. The lowest BCUT2D eigenvalue weighted by Gasteiger charge is -2.36. The van der Waals surface area contributed by atoms with Crippen molar-refractivity contribution in [3.05, 3.63) is 29.8 Å². The zero-order valence-electron chi connectivity index (χ0n) is 17.9. The van der Waals surface area contributed by atoms with Gasteiger partial charge in [0.15, 0.2) is 0 Å². The van der Waals surface area contributed by atoms with Gasteiger partial charge in [0, 0.05) is 30.7 Å². The van der Waals surface area contributed by atoms with E-state index in [2.05, 4.69) is 16.0 Å². The number of benzene rings is 1. The summed E-state index contributed by atoms with van der Waals surface area (Å²) in [5.41, 5.74) is 0.480. The molecule has 2 fully saturated rings. The van der Waals surface area contributed by atoms with Crippen molar-refractivity contribution < 1.29 is 19.1 Å². The monoisotopic (exact) mass is 416 g/mol. The first-order chi connectivity index (χ1) is 14.4. The van der Waals surface area contributed by atoms with Gasteiger partial charge in [0.1, 0.15) is 11.8 Å². The molecule has 0 aromatic heterocycles. The number of hydrogen-bond acceptors (Lipinski definition) is 4. The molecule has 1 aliphatic heterocycles. The lowest BCUT2D eigenvalue weighted by atomic mass is 9.88. The SMILES string of the molecule is COc1ccc(C(=O)N[C@H](C(=O)NC2CC2)C2CCN(C(=O)NC(C)C)CC2)cc1. The summed E-state index contributed by atoms with van der Waals surface area (Å²) >= 11 is 0. The van der Waals surface area contributed by atoms with E-state index >= 15 is 0 Å². The molecule has 4 amide bonds. The number of carbonyl (C=O) groups is 3. The van der Waals surface area contributed by atoms with Crippen LogP contribution in [0.3, 0.4) is 0 Å². The molecule has 1 aliphatic carbocycles. The fraction of sp³-hybridized carbons (Fsp3) is 0.591. The Morgan fingerprint density at radius 3 is 2.17 bits per heavy atom. The Morgan fingerprint density at radius 1 is 1.00 bits per heavy atom. The maximum absolute atomic E-state index is 12.9. The van der Waals surface area contributed by atoms with Gasteiger partial charge in [-0.3, -0.25) is 9.59 Å². The molecule has 0 bridgehead atoms. The Bertz CT molecular complexity index is 753. The number of ether oxygens (including phenoxy) is 1. The fourth-order valence-electron chi connectivity index (χ4n) is 3.66. The molecule has 2 aliphatic rings. The molecular weight excluding hydrogens is 384 g/mol. The summed E-state index contributed by atoms with van der Waals surface area (Å²) in [5.74, 6) is 0.230. The number of likely N-dealkylation sites (tertiary alicyclic amines) is 1. The third kappa shape index (κ3) is 5.87. The van der Waals surface area contributed by atoms with Crippen LogP contribution >= 0.6 is 0 Å². The van der Waals surface area contributed by atoms with Crippen molar-refractivity contribution in [2.75, 3.05) is 20.2 Å². The van der Waals surface area contributed by atoms with E-state index in [4.69, 9.17) is 4.74 Å². The number of methoxy groups -OCH3 is 1. The van der Waals surface area contributed by atoms with Gasteiger partial charge in [-0.05, 0) is 69.7 Å². The van der Waals surface area contributed by atoms with Crippen LogP contribution in [-0.2, 0) is 4.79 Å². The van der Waals surface area contributed by atoms with Crippen molar-refractivity contribution in [3.63, 3.8) is 0 Å². The quantitative estimate of drug-likeness (QED) is 0.632. The molecule has 164 valence electrons. The summed E-state index contributed by atoms with van der Waals surface area (Å²) in [6.07, 6.45) is 3.30. The number of carbonyl (C=O) groups excluding carboxylic acids is 3. The van der Waals surface area contributed by atoms with Crippen molar-refractivity contribution in [1.29, 1.82) is 0 Å². The molecule has 3 N–H and O–H groups in total. The van der Waals surface area contributed by atoms with Gasteiger partial charge in [0.05, 0.1) is 7.11 Å². The number of amides is 4. The lowest BCUT2D eigenvalue weighted by Crippen LogP contribution is -2.55. The van der Waals surface area contributed by atoms with E-state index in [-0.39, 0.29) is 35.8 Å². The zero-order valence-corrected chi connectivity index (χ0v) is 17.9. The van der Waals surface area contributed by atoms with Crippen LogP contribution in [0, 0.1) is 5.92 Å². The number of hydrogen-bond donors (Lipinski definition) is 3. The van der Waals surface area contributed by atoms with Gasteiger partial charge in [-0.2, -0.15) is 0 Å². The Balaban J connectivity index is 1.64. The van der Waals surface area contributed by atoms with Crippen molar-refractivity contribution >= 4 is 17.8 Å². The average Bonchev–Trinajstić information content (AvgIpc) is 3.55. The second kappa shape index (κ2) is 9.82. The maximum atomic E-state index is 12.9. The van der Waals surface area contributed by atoms with Crippen molar-refractivity contribution in [2.45, 2.75) is 57.7 Å². The predicted octanol–water partition coefficient (Wildman–Crippen LogP) is 1.90. The molecule has 1 aromatic carbocycles. The van der Waals surface area contributed by atoms with E-state index in [0.717, 1.165) is 12.8 Å². The van der Waals surface area contributed by atoms with Crippen LogP contribution in [0.1, 0.15) is 49.9 Å². The van der Waals surface area contributed by atoms with E-state index in [9.17, 15) is 14.4 Å². The lowest BCUT2D eigenvalue weighted by molar-refractivity contribution is -0.124. The predicted molar refractivity (Wildman–Crippen MR) is 113 cm³/mol. The van der Waals surface area contributed by atoms with Crippen LogP contribution < -0.4 is 20.7 Å². The van der Waals surface area contributed by atoms with Crippen molar-refractivity contribution in [1.82, 2.24) is 20.9 Å². The largest absolute Gasteiger partial charge is 0.497 e. The highest BCUT2D eigenvalue weighted by molar-refractivity contribution is 5.97. The Morgan fingerprint density at radius 2 is 1.63 bits per heavy atom. The molecule has 1 heterocycles. The molecule has 0 spiro atoms. The standard InChI is InChI=1S/C22H32N4O4/c1-14(2)23-22(29)26-12-10-15(11-13-26)19(21(28)24-17-6-7-17)25-20(27)16-4-8-18(30-3)9-5-16/h4-5,8-9,14-15,17,19H,6-7,10-13H2,1-3H3,(H,23,29)(H,24,28)(H,25,27)/t19-/m0/s1. The summed E-state index contributed by atoms with van der Waals surface area (Å²) in [4.78, 5) is 39.7. The molecule has 1 saturated heterocycles. The maximum Gasteiger partial charge on any atom is 0.317 e. The highest BCUT2D eigenvalue weighted by Gasteiger charge is 2.36. The third-order valence-electron chi connectivity index (χ3n) is 5.56. The van der Waals surface area contributed by atoms with Crippen LogP contribution in [0.5, 0.6) is 5.75 Å². The number of nitrogens with one attached hydrogen (secondary N) is 3. The molecule has 1 saturated carbocycles. The molecule has 3 rings (SSSR count). The van der Waals surface area contributed by atoms with Crippen LogP contribution in [-0.4, -0.2) is 61.1 Å². The smallest absolute Gasteiger partial charge is 0.317 e. The van der Waals surface area contributed by atoms with Crippen LogP contribution in [0.15, 0.2) is 24.3 Å². The van der Waals surface area contributed by atoms with Gasteiger partial charge in [0.2, 0.25) is 5.91 Å². The molecule has 1 atom stereocenters. The third-order valence-corrected chi connectivity index (χ3v) is 5.56. The second-order valence-electron chi connectivity index (χ2n) is 8.39. The number of urea groups is 1. The molecule has 30 heavy (non-hydrogen) atoms.